The van der Waals surface area contributed by atoms with Gasteiger partial charge in [-0.05, 0) is 12.1 Å². The average molecular weight is 318 g/mol. The number of carboxylic acids is 1. The lowest BCUT2D eigenvalue weighted by Crippen LogP contribution is -2.40. The first-order valence-electron chi connectivity index (χ1n) is 6.34. The molecule has 2 unspecified atom stereocenters. The van der Waals surface area contributed by atoms with E-state index in [9.17, 15) is 22.8 Å². The van der Waals surface area contributed by atoms with E-state index in [1.165, 1.54) is 7.11 Å². The molecule has 1 aliphatic heterocycles. The molecular weight excluding hydrogens is 305 g/mol. The highest BCUT2D eigenvalue weighted by Gasteiger charge is 2.40. The van der Waals surface area contributed by atoms with Gasteiger partial charge in [0.2, 0.25) is 0 Å². The van der Waals surface area contributed by atoms with Gasteiger partial charge in [-0.15, -0.1) is 0 Å². The Labute approximate surface area is 123 Å². The number of rotatable bonds is 3. The summed E-state index contributed by atoms with van der Waals surface area (Å²) in [6, 6.07) is 0.601. The molecule has 1 aromatic heterocycles. The second-order valence-corrected chi connectivity index (χ2v) is 4.83. The first kappa shape index (κ1) is 16.2. The van der Waals surface area contributed by atoms with Gasteiger partial charge in [0.1, 0.15) is 11.7 Å². The molecule has 2 atom stereocenters. The highest BCUT2D eigenvalue weighted by molar-refractivity contribution is 5.96. The van der Waals surface area contributed by atoms with E-state index in [1.807, 2.05) is 0 Å². The zero-order chi connectivity index (χ0) is 16.5. The monoisotopic (exact) mass is 318 g/mol. The van der Waals surface area contributed by atoms with E-state index in [4.69, 9.17) is 9.84 Å². The quantitative estimate of drug-likeness (QED) is 0.911. The van der Waals surface area contributed by atoms with Crippen LogP contribution in [0.4, 0.5) is 13.2 Å². The maximum atomic E-state index is 12.4. The van der Waals surface area contributed by atoms with Crippen molar-refractivity contribution in [2.24, 2.45) is 0 Å². The molecule has 120 valence electrons. The fourth-order valence-corrected chi connectivity index (χ4v) is 2.28. The molecule has 1 fully saturated rings. The van der Waals surface area contributed by atoms with Crippen LogP contribution >= 0.6 is 0 Å². The molecule has 0 radical (unpaired) electrons. The third-order valence-corrected chi connectivity index (χ3v) is 3.44. The summed E-state index contributed by atoms with van der Waals surface area (Å²) in [7, 11) is 1.40. The van der Waals surface area contributed by atoms with Crippen molar-refractivity contribution in [3.05, 3.63) is 29.6 Å². The minimum atomic E-state index is -4.60. The maximum absolute atomic E-state index is 12.4. The van der Waals surface area contributed by atoms with Gasteiger partial charge in [-0.25, -0.2) is 4.79 Å². The molecular formula is C13H13F3N2O4. The summed E-state index contributed by atoms with van der Waals surface area (Å²) in [5.74, 6) is -1.87. The summed E-state index contributed by atoms with van der Waals surface area (Å²) in [5, 5.41) is 9.13. The molecule has 6 nitrogen and oxygen atoms in total. The number of pyridine rings is 1. The van der Waals surface area contributed by atoms with E-state index >= 15 is 0 Å². The van der Waals surface area contributed by atoms with Crippen LogP contribution in [-0.2, 0) is 15.7 Å². The van der Waals surface area contributed by atoms with Crippen LogP contribution in [-0.4, -0.2) is 52.7 Å². The zero-order valence-electron chi connectivity index (χ0n) is 11.5. The number of aromatic nitrogens is 1. The molecule has 1 aliphatic rings. The summed E-state index contributed by atoms with van der Waals surface area (Å²) < 4.78 is 42.4. The Morgan fingerprint density at radius 1 is 1.41 bits per heavy atom. The zero-order valence-corrected chi connectivity index (χ0v) is 11.5. The van der Waals surface area contributed by atoms with Crippen LogP contribution in [0.1, 0.15) is 22.5 Å². The van der Waals surface area contributed by atoms with Gasteiger partial charge in [0.25, 0.3) is 5.91 Å². The molecule has 1 aromatic rings. The summed E-state index contributed by atoms with van der Waals surface area (Å²) in [6.45, 7) is 0.0628. The predicted octanol–water partition coefficient (Wildman–Crippen LogP) is 1.41. The highest BCUT2D eigenvalue weighted by atomic mass is 19.4. The lowest BCUT2D eigenvalue weighted by Gasteiger charge is -2.21. The number of carbonyl (C=O) groups excluding carboxylic acids is 1. The van der Waals surface area contributed by atoms with Gasteiger partial charge in [0, 0.05) is 26.3 Å². The number of likely N-dealkylation sites (tertiary alicyclic amines) is 1. The molecule has 2 rings (SSSR count). The molecule has 2 heterocycles. The molecule has 0 aliphatic carbocycles. The molecule has 1 N–H and O–H groups in total. The average Bonchev–Trinajstić information content (AvgIpc) is 2.90. The highest BCUT2D eigenvalue weighted by Crippen LogP contribution is 2.28. The number of hydrogen-bond donors (Lipinski definition) is 1. The van der Waals surface area contributed by atoms with E-state index < -0.39 is 35.9 Å². The summed E-state index contributed by atoms with van der Waals surface area (Å²) in [5.41, 5.74) is -1.22. The Hall–Kier alpha value is -2.16. The van der Waals surface area contributed by atoms with Gasteiger partial charge >= 0.3 is 12.1 Å². The summed E-state index contributed by atoms with van der Waals surface area (Å²) in [6.07, 6.45) is -4.09. The third-order valence-electron chi connectivity index (χ3n) is 3.44. The van der Waals surface area contributed by atoms with Crippen molar-refractivity contribution in [2.45, 2.75) is 24.7 Å². The number of aliphatic carboxylic acids is 1. The fraction of sp³-hybridized carbons (Fsp3) is 0.462. The minimum absolute atomic E-state index is 0.0628. The number of methoxy groups -OCH3 is 1. The second-order valence-electron chi connectivity index (χ2n) is 4.83. The van der Waals surface area contributed by atoms with Crippen molar-refractivity contribution in [3.63, 3.8) is 0 Å². The van der Waals surface area contributed by atoms with Gasteiger partial charge in [-0.3, -0.25) is 9.78 Å². The normalized spacial score (nSPS) is 21.9. The number of carbonyl (C=O) groups is 2. The van der Waals surface area contributed by atoms with Crippen LogP contribution < -0.4 is 0 Å². The number of carboxylic acid groups (broad SMARTS) is 1. The number of alkyl halides is 3. The molecule has 9 heteroatoms. The standard InChI is InChI=1S/C13H13F3N2O4/c1-22-8-4-9(12(20)21)18(6-8)11(19)7-2-3-10(17-5-7)13(14,15)16/h2-3,5,8-9H,4,6H2,1H3,(H,20,21). The number of ether oxygens (including phenoxy) is 1. The lowest BCUT2D eigenvalue weighted by molar-refractivity contribution is -0.142. The Balaban J connectivity index is 2.21. The van der Waals surface area contributed by atoms with Crippen LogP contribution in [0.3, 0.4) is 0 Å². The van der Waals surface area contributed by atoms with Crippen molar-refractivity contribution < 1.29 is 32.6 Å². The maximum Gasteiger partial charge on any atom is 0.433 e. The van der Waals surface area contributed by atoms with E-state index in [0.29, 0.717) is 6.07 Å². The van der Waals surface area contributed by atoms with E-state index in [-0.39, 0.29) is 18.5 Å². The molecule has 1 saturated heterocycles. The number of hydrogen-bond acceptors (Lipinski definition) is 4. The Bertz CT molecular complexity index is 574. The fourth-order valence-electron chi connectivity index (χ4n) is 2.28. The van der Waals surface area contributed by atoms with Gasteiger partial charge < -0.3 is 14.7 Å². The van der Waals surface area contributed by atoms with Crippen molar-refractivity contribution in [3.8, 4) is 0 Å². The van der Waals surface area contributed by atoms with Crippen molar-refractivity contribution in [1.82, 2.24) is 9.88 Å². The van der Waals surface area contributed by atoms with E-state index in [2.05, 4.69) is 4.98 Å². The lowest BCUT2D eigenvalue weighted by atomic mass is 10.2. The molecule has 1 amide bonds. The number of nitrogens with zero attached hydrogens (tertiary/aromatic N) is 2. The largest absolute Gasteiger partial charge is 0.480 e. The summed E-state index contributed by atoms with van der Waals surface area (Å²) >= 11 is 0. The Morgan fingerprint density at radius 3 is 2.55 bits per heavy atom. The first-order chi connectivity index (χ1) is 10.2. The van der Waals surface area contributed by atoms with Crippen LogP contribution in [0.2, 0.25) is 0 Å². The first-order valence-corrected chi connectivity index (χ1v) is 6.34. The number of amides is 1. The molecule has 22 heavy (non-hydrogen) atoms. The van der Waals surface area contributed by atoms with E-state index in [1.54, 1.807) is 0 Å². The predicted molar refractivity (Wildman–Crippen MR) is 67.1 cm³/mol. The topological polar surface area (TPSA) is 79.7 Å². The van der Waals surface area contributed by atoms with Crippen molar-refractivity contribution in [1.29, 1.82) is 0 Å². The van der Waals surface area contributed by atoms with Crippen LogP contribution in [0, 0.1) is 0 Å². The van der Waals surface area contributed by atoms with Crippen LogP contribution in [0.15, 0.2) is 18.3 Å². The minimum Gasteiger partial charge on any atom is -0.480 e. The molecule has 0 saturated carbocycles. The Morgan fingerprint density at radius 2 is 2.09 bits per heavy atom. The molecule has 0 bridgehead atoms. The number of halogens is 3. The third kappa shape index (κ3) is 3.19. The van der Waals surface area contributed by atoms with Gasteiger partial charge in [0.15, 0.2) is 0 Å². The molecule has 0 aromatic carbocycles. The summed E-state index contributed by atoms with van der Waals surface area (Å²) in [4.78, 5) is 27.7. The van der Waals surface area contributed by atoms with Gasteiger partial charge in [0.05, 0.1) is 11.7 Å². The van der Waals surface area contributed by atoms with E-state index in [0.717, 1.165) is 17.2 Å². The van der Waals surface area contributed by atoms with Crippen LogP contribution in [0.5, 0.6) is 0 Å². The van der Waals surface area contributed by atoms with Gasteiger partial charge in [-0.2, -0.15) is 13.2 Å². The van der Waals surface area contributed by atoms with Crippen molar-refractivity contribution >= 4 is 11.9 Å². The second kappa shape index (κ2) is 5.91. The Kier molecular flexibility index (Phi) is 4.36. The van der Waals surface area contributed by atoms with Crippen LogP contribution in [0.25, 0.3) is 0 Å². The smallest absolute Gasteiger partial charge is 0.433 e. The van der Waals surface area contributed by atoms with Gasteiger partial charge in [-0.1, -0.05) is 0 Å². The van der Waals surface area contributed by atoms with Crippen molar-refractivity contribution in [2.75, 3.05) is 13.7 Å². The molecule has 0 spiro atoms. The SMILES string of the molecule is COC1CC(C(=O)O)N(C(=O)c2ccc(C(F)(F)F)nc2)C1.